The summed E-state index contributed by atoms with van der Waals surface area (Å²) in [6.07, 6.45) is 1.06. The first-order valence-electron chi connectivity index (χ1n) is 9.02. The molecule has 1 aliphatic rings. The first kappa shape index (κ1) is 15.9. The monoisotopic (exact) mass is 328 g/mol. The molecule has 3 aromatic carbocycles. The highest BCUT2D eigenvalue weighted by atomic mass is 15.2. The fraction of sp³-hybridized carbons (Fsp3) is 0.217. The summed E-state index contributed by atoms with van der Waals surface area (Å²) in [5, 5.41) is 3.76. The molecule has 126 valence electrons. The first-order chi connectivity index (χ1) is 12.4. The third-order valence-electron chi connectivity index (χ3n) is 4.90. The lowest BCUT2D eigenvalue weighted by Gasteiger charge is -2.28. The van der Waals surface area contributed by atoms with Gasteiger partial charge in [0.2, 0.25) is 0 Å². The first-order valence-corrected chi connectivity index (χ1v) is 9.02. The number of para-hydroxylation sites is 1. The van der Waals surface area contributed by atoms with Gasteiger partial charge in [0.05, 0.1) is 0 Å². The predicted molar refractivity (Wildman–Crippen MR) is 105 cm³/mol. The van der Waals surface area contributed by atoms with Crippen LogP contribution in [0.5, 0.6) is 0 Å². The molecule has 1 atom stereocenters. The number of nitrogens with zero attached hydrogens (tertiary/aromatic N) is 1. The third-order valence-corrected chi connectivity index (χ3v) is 4.90. The molecule has 0 radical (unpaired) electrons. The normalized spacial score (nSPS) is 17.0. The maximum absolute atomic E-state index is 3.76. The van der Waals surface area contributed by atoms with Crippen LogP contribution in [-0.2, 0) is 19.5 Å². The Morgan fingerprint density at radius 2 is 1.40 bits per heavy atom. The minimum atomic E-state index is 0.443. The maximum atomic E-state index is 3.76. The molecule has 2 heteroatoms. The molecule has 1 N–H and O–H groups in total. The van der Waals surface area contributed by atoms with Crippen molar-refractivity contribution < 1.29 is 0 Å². The van der Waals surface area contributed by atoms with Gasteiger partial charge in [-0.3, -0.25) is 0 Å². The number of fused-ring (bicyclic) bond motifs is 1. The van der Waals surface area contributed by atoms with E-state index in [1.807, 2.05) is 0 Å². The third kappa shape index (κ3) is 3.92. The Labute approximate surface area is 150 Å². The van der Waals surface area contributed by atoms with E-state index in [0.717, 1.165) is 26.1 Å². The second kappa shape index (κ2) is 7.54. The van der Waals surface area contributed by atoms with Gasteiger partial charge in [-0.1, -0.05) is 78.9 Å². The van der Waals surface area contributed by atoms with E-state index >= 15 is 0 Å². The molecule has 0 spiro atoms. The Kier molecular flexibility index (Phi) is 4.80. The molecular weight excluding hydrogens is 304 g/mol. The minimum absolute atomic E-state index is 0.443. The van der Waals surface area contributed by atoms with Crippen LogP contribution in [0.1, 0.15) is 16.7 Å². The van der Waals surface area contributed by atoms with Crippen LogP contribution < -0.4 is 10.2 Å². The summed E-state index contributed by atoms with van der Waals surface area (Å²) in [6.45, 7) is 2.89. The highest BCUT2D eigenvalue weighted by molar-refractivity contribution is 5.55. The lowest BCUT2D eigenvalue weighted by Crippen LogP contribution is -2.39. The van der Waals surface area contributed by atoms with Gasteiger partial charge in [0.1, 0.15) is 0 Å². The zero-order valence-corrected chi connectivity index (χ0v) is 14.4. The van der Waals surface area contributed by atoms with Crippen molar-refractivity contribution in [2.45, 2.75) is 25.6 Å². The van der Waals surface area contributed by atoms with Gasteiger partial charge < -0.3 is 10.2 Å². The Bertz CT molecular complexity index is 799. The Morgan fingerprint density at radius 3 is 2.16 bits per heavy atom. The largest absolute Gasteiger partial charge is 0.365 e. The number of hydrogen-bond acceptors (Lipinski definition) is 2. The van der Waals surface area contributed by atoms with Crippen LogP contribution in [0.25, 0.3) is 0 Å². The standard InChI is InChI=1S/C23H24N2/c1-3-9-19(10-4-1)15-22-18-25(17-20-11-5-2-6-12-20)23-14-8-7-13-21(23)16-24-22/h1-14,22,24H,15-18H2. The van der Waals surface area contributed by atoms with E-state index in [1.54, 1.807) is 0 Å². The van der Waals surface area contributed by atoms with Gasteiger partial charge in [0, 0.05) is 31.4 Å². The molecule has 1 unspecified atom stereocenters. The van der Waals surface area contributed by atoms with Gasteiger partial charge >= 0.3 is 0 Å². The second-order valence-electron chi connectivity index (χ2n) is 6.76. The van der Waals surface area contributed by atoms with Gasteiger partial charge in [-0.2, -0.15) is 0 Å². The van der Waals surface area contributed by atoms with Crippen molar-refractivity contribution in [3.63, 3.8) is 0 Å². The number of nitrogens with one attached hydrogen (secondary N) is 1. The summed E-state index contributed by atoms with van der Waals surface area (Å²) >= 11 is 0. The highest BCUT2D eigenvalue weighted by Gasteiger charge is 2.21. The Hall–Kier alpha value is -2.58. The molecular formula is C23H24N2. The quantitative estimate of drug-likeness (QED) is 0.763. The van der Waals surface area contributed by atoms with Crippen molar-refractivity contribution >= 4 is 5.69 Å². The molecule has 0 amide bonds. The lowest BCUT2D eigenvalue weighted by atomic mass is 10.1. The average molecular weight is 328 g/mol. The predicted octanol–water partition coefficient (Wildman–Crippen LogP) is 4.41. The summed E-state index contributed by atoms with van der Waals surface area (Å²) in [7, 11) is 0. The highest BCUT2D eigenvalue weighted by Crippen LogP contribution is 2.26. The Morgan fingerprint density at radius 1 is 0.760 bits per heavy atom. The van der Waals surface area contributed by atoms with Crippen molar-refractivity contribution in [3.05, 3.63) is 102 Å². The van der Waals surface area contributed by atoms with Crippen LogP contribution in [0, 0.1) is 0 Å². The van der Waals surface area contributed by atoms with Gasteiger partial charge in [-0.15, -0.1) is 0 Å². The van der Waals surface area contributed by atoms with Crippen molar-refractivity contribution in [1.82, 2.24) is 5.32 Å². The topological polar surface area (TPSA) is 15.3 Å². The maximum Gasteiger partial charge on any atom is 0.0430 e. The van der Waals surface area contributed by atoms with E-state index in [1.165, 1.54) is 22.4 Å². The molecule has 0 fully saturated rings. The van der Waals surface area contributed by atoms with E-state index in [0.29, 0.717) is 6.04 Å². The van der Waals surface area contributed by atoms with Gasteiger partial charge in [0.15, 0.2) is 0 Å². The van der Waals surface area contributed by atoms with E-state index < -0.39 is 0 Å². The summed E-state index contributed by atoms with van der Waals surface area (Å²) < 4.78 is 0. The molecule has 1 heterocycles. The SMILES string of the molecule is c1ccc(CC2CN(Cc3ccccc3)c3ccccc3CN2)cc1. The van der Waals surface area contributed by atoms with Crippen LogP contribution in [0.15, 0.2) is 84.9 Å². The number of hydrogen-bond donors (Lipinski definition) is 1. The average Bonchev–Trinajstić information content (AvgIpc) is 2.83. The van der Waals surface area contributed by atoms with Crippen LogP contribution in [0.2, 0.25) is 0 Å². The summed E-state index contributed by atoms with van der Waals surface area (Å²) in [4.78, 5) is 2.53. The van der Waals surface area contributed by atoms with Crippen LogP contribution in [0.4, 0.5) is 5.69 Å². The summed E-state index contributed by atoms with van der Waals surface area (Å²) in [5.41, 5.74) is 5.49. The van der Waals surface area contributed by atoms with Crippen LogP contribution >= 0.6 is 0 Å². The number of rotatable bonds is 4. The molecule has 0 aliphatic carbocycles. The van der Waals surface area contributed by atoms with Gasteiger partial charge in [-0.25, -0.2) is 0 Å². The molecule has 0 saturated heterocycles. The number of anilines is 1. The van der Waals surface area contributed by atoms with Crippen LogP contribution in [0.3, 0.4) is 0 Å². The summed E-state index contributed by atoms with van der Waals surface area (Å²) in [6, 6.07) is 30.8. The van der Waals surface area contributed by atoms with Crippen LogP contribution in [-0.4, -0.2) is 12.6 Å². The van der Waals surface area contributed by atoms with Gasteiger partial charge in [-0.05, 0) is 29.2 Å². The van der Waals surface area contributed by atoms with E-state index in [-0.39, 0.29) is 0 Å². The zero-order chi connectivity index (χ0) is 16.9. The lowest BCUT2D eigenvalue weighted by molar-refractivity contribution is 0.512. The number of benzene rings is 3. The van der Waals surface area contributed by atoms with E-state index in [4.69, 9.17) is 0 Å². The molecule has 1 aliphatic heterocycles. The van der Waals surface area contributed by atoms with E-state index in [2.05, 4.69) is 95.1 Å². The smallest absolute Gasteiger partial charge is 0.0430 e. The fourth-order valence-electron chi connectivity index (χ4n) is 3.64. The van der Waals surface area contributed by atoms with Crippen molar-refractivity contribution in [3.8, 4) is 0 Å². The molecule has 3 aromatic rings. The molecule has 4 rings (SSSR count). The molecule has 0 aromatic heterocycles. The minimum Gasteiger partial charge on any atom is -0.365 e. The molecule has 2 nitrogen and oxygen atoms in total. The molecule has 25 heavy (non-hydrogen) atoms. The fourth-order valence-corrected chi connectivity index (χ4v) is 3.64. The van der Waals surface area contributed by atoms with Gasteiger partial charge in [0.25, 0.3) is 0 Å². The van der Waals surface area contributed by atoms with Crippen molar-refractivity contribution in [2.75, 3.05) is 11.4 Å². The Balaban J connectivity index is 1.58. The van der Waals surface area contributed by atoms with Crippen molar-refractivity contribution in [2.24, 2.45) is 0 Å². The molecule has 0 bridgehead atoms. The van der Waals surface area contributed by atoms with Crippen molar-refractivity contribution in [1.29, 1.82) is 0 Å². The zero-order valence-electron chi connectivity index (χ0n) is 14.4. The summed E-state index contributed by atoms with van der Waals surface area (Å²) in [5.74, 6) is 0. The van der Waals surface area contributed by atoms with E-state index in [9.17, 15) is 0 Å². The molecule has 0 saturated carbocycles. The second-order valence-corrected chi connectivity index (χ2v) is 6.76.